The van der Waals surface area contributed by atoms with Crippen molar-refractivity contribution in [1.82, 2.24) is 9.80 Å². The fourth-order valence-corrected chi connectivity index (χ4v) is 9.79. The van der Waals surface area contributed by atoms with E-state index < -0.39 is 109 Å². The Balaban J connectivity index is 1.64. The van der Waals surface area contributed by atoms with Crippen molar-refractivity contribution in [2.75, 3.05) is 47.4 Å². The second-order valence-corrected chi connectivity index (χ2v) is 19.0. The molecule has 386 valence electrons. The minimum Gasteiger partial charge on any atom is -0.466 e. The first-order chi connectivity index (χ1) is 32.3. The lowest BCUT2D eigenvalue weighted by atomic mass is 9.82. The standard InChI is InChI=1S/C50H80N2O16/c1-11-39(56)64-38-28-41(58)61-26-18-24-52(23-17-16-21-35-19-14-13-15-20-35)30-37(55)31(3)27-36(22-25-53)46(47(38)60-10)67-49-44(59)43(51(8)9)45(32(4)63-49)66-42-29-50(7,68-34(6)54)48(33(5)62-42)65-40(57)12-2/h13-15,19-20,25,31-33,36-38,42-49,55,59H,11-12,16-18,21-24,26-30H2,1-10H3/t31-,32?,33?,36+,37+,38-,42+,43?,44?,45-,46+,47+,48+,49+,50?/m1/s1. The highest BCUT2D eigenvalue weighted by Gasteiger charge is 2.54. The van der Waals surface area contributed by atoms with Gasteiger partial charge in [-0.25, -0.2) is 0 Å². The number of benzene rings is 1. The van der Waals surface area contributed by atoms with Crippen molar-refractivity contribution in [2.45, 2.75) is 192 Å². The average molecular weight is 965 g/mol. The second kappa shape index (κ2) is 27.7. The maximum absolute atomic E-state index is 13.5. The van der Waals surface area contributed by atoms with Crippen LogP contribution in [-0.4, -0.2) is 177 Å². The largest absolute Gasteiger partial charge is 0.466 e. The van der Waals surface area contributed by atoms with Gasteiger partial charge in [0.05, 0.1) is 43.5 Å². The van der Waals surface area contributed by atoms with Crippen LogP contribution in [0, 0.1) is 11.8 Å². The number of rotatable bonds is 18. The number of carbonyl (C=O) groups excluding carboxylic acids is 5. The smallest absolute Gasteiger partial charge is 0.309 e. The lowest BCUT2D eigenvalue weighted by Gasteiger charge is -2.50. The van der Waals surface area contributed by atoms with E-state index in [1.54, 1.807) is 53.6 Å². The van der Waals surface area contributed by atoms with Gasteiger partial charge in [-0.2, -0.15) is 0 Å². The first-order valence-electron chi connectivity index (χ1n) is 24.5. The van der Waals surface area contributed by atoms with E-state index in [2.05, 4.69) is 17.0 Å². The Bertz CT molecular complexity index is 1720. The lowest BCUT2D eigenvalue weighted by molar-refractivity contribution is -0.344. The third-order valence-corrected chi connectivity index (χ3v) is 13.3. The molecule has 68 heavy (non-hydrogen) atoms. The van der Waals surface area contributed by atoms with E-state index in [0.29, 0.717) is 26.1 Å². The van der Waals surface area contributed by atoms with Crippen LogP contribution >= 0.6 is 0 Å². The van der Waals surface area contributed by atoms with Crippen LogP contribution in [0.1, 0.15) is 112 Å². The molecular formula is C50H80N2O16. The van der Waals surface area contributed by atoms with E-state index in [1.807, 2.05) is 25.1 Å². The van der Waals surface area contributed by atoms with Gasteiger partial charge < -0.3 is 67.4 Å². The van der Waals surface area contributed by atoms with Crippen molar-refractivity contribution in [2.24, 2.45) is 11.8 Å². The summed E-state index contributed by atoms with van der Waals surface area (Å²) in [6, 6.07) is 9.45. The van der Waals surface area contributed by atoms with Gasteiger partial charge in [0.25, 0.3) is 0 Å². The van der Waals surface area contributed by atoms with Crippen LogP contribution in [-0.2, 0) is 73.0 Å². The zero-order valence-corrected chi connectivity index (χ0v) is 42.0. The van der Waals surface area contributed by atoms with Gasteiger partial charge in [-0.3, -0.25) is 19.2 Å². The van der Waals surface area contributed by atoms with Gasteiger partial charge in [0.15, 0.2) is 24.3 Å². The zero-order valence-electron chi connectivity index (χ0n) is 42.0. The summed E-state index contributed by atoms with van der Waals surface area (Å²) < 4.78 is 55.3. The molecule has 0 aliphatic carbocycles. The normalized spacial score (nSPS) is 34.8. The summed E-state index contributed by atoms with van der Waals surface area (Å²) in [4.78, 5) is 67.8. The Labute approximate surface area is 402 Å². The number of cyclic esters (lactones) is 1. The van der Waals surface area contributed by atoms with E-state index in [9.17, 15) is 34.2 Å². The molecule has 0 spiro atoms. The minimum atomic E-state index is -1.42. The molecule has 4 rings (SSSR count). The number of aliphatic hydroxyl groups is 2. The summed E-state index contributed by atoms with van der Waals surface area (Å²) in [5, 5.41) is 24.1. The fourth-order valence-electron chi connectivity index (χ4n) is 9.79. The number of methoxy groups -OCH3 is 1. The van der Waals surface area contributed by atoms with E-state index in [0.717, 1.165) is 25.5 Å². The summed E-state index contributed by atoms with van der Waals surface area (Å²) in [6.07, 6.45) is -7.62. The molecule has 2 N–H and O–H groups in total. The van der Waals surface area contributed by atoms with Crippen LogP contribution < -0.4 is 0 Å². The SMILES string of the molecule is CCC(=O)O[C@@H]1CC(=O)OCCCN(CCCCc2ccccc2)C[C@H](O)[C@H](C)C[C@H](CC=O)[C@H](O[C@@H]2OC(C)[C@@H](O[C@H]3CC(C)(OC(C)=O)[C@@H](OC(=O)CC)C(C)O3)C(N(C)C)C2O)[C@H]1OC. The number of likely N-dealkylation sites (N-methyl/N-ethyl adjacent to an activating group) is 1. The number of ether oxygens (including phenoxy) is 9. The van der Waals surface area contributed by atoms with Crippen LogP contribution in [0.2, 0.25) is 0 Å². The number of esters is 4. The van der Waals surface area contributed by atoms with Gasteiger partial charge >= 0.3 is 23.9 Å². The minimum absolute atomic E-state index is 0.00237. The van der Waals surface area contributed by atoms with Crippen molar-refractivity contribution in [3.8, 4) is 0 Å². The van der Waals surface area contributed by atoms with Crippen LogP contribution in [0.15, 0.2) is 30.3 Å². The molecule has 1 aromatic carbocycles. The Morgan fingerprint density at radius 2 is 1.63 bits per heavy atom. The second-order valence-electron chi connectivity index (χ2n) is 19.0. The zero-order chi connectivity index (χ0) is 50.1. The van der Waals surface area contributed by atoms with Crippen molar-refractivity contribution in [3.63, 3.8) is 0 Å². The number of hydrogen-bond acceptors (Lipinski definition) is 18. The first kappa shape index (κ1) is 57.0. The summed E-state index contributed by atoms with van der Waals surface area (Å²) in [5.74, 6) is -3.37. The molecule has 0 amide bonds. The van der Waals surface area contributed by atoms with E-state index >= 15 is 0 Å². The van der Waals surface area contributed by atoms with Gasteiger partial charge in [0, 0.05) is 52.8 Å². The van der Waals surface area contributed by atoms with Crippen molar-refractivity contribution < 1.29 is 76.8 Å². The lowest BCUT2D eigenvalue weighted by Crippen LogP contribution is -2.66. The van der Waals surface area contributed by atoms with Crippen molar-refractivity contribution >= 4 is 30.2 Å². The Morgan fingerprint density at radius 1 is 0.941 bits per heavy atom. The molecule has 3 aliphatic rings. The van der Waals surface area contributed by atoms with E-state index in [-0.39, 0.29) is 51.0 Å². The van der Waals surface area contributed by atoms with Crippen molar-refractivity contribution in [3.05, 3.63) is 35.9 Å². The van der Waals surface area contributed by atoms with Gasteiger partial charge in [0.2, 0.25) is 0 Å². The van der Waals surface area contributed by atoms with Gasteiger partial charge in [-0.05, 0) is 90.9 Å². The molecule has 18 heteroatoms. The molecule has 0 radical (unpaired) electrons. The molecule has 3 heterocycles. The highest BCUT2D eigenvalue weighted by molar-refractivity contribution is 5.72. The number of carbonyl (C=O) groups is 5. The molecular weight excluding hydrogens is 885 g/mol. The molecule has 3 fully saturated rings. The number of hydrogen-bond donors (Lipinski definition) is 2. The number of aliphatic hydroxyl groups excluding tert-OH is 2. The summed E-state index contributed by atoms with van der Waals surface area (Å²) >= 11 is 0. The predicted octanol–water partition coefficient (Wildman–Crippen LogP) is 4.16. The molecule has 3 saturated heterocycles. The van der Waals surface area contributed by atoms with Crippen LogP contribution in [0.4, 0.5) is 0 Å². The van der Waals surface area contributed by atoms with Crippen LogP contribution in [0.5, 0.6) is 0 Å². The molecule has 15 atom stereocenters. The molecule has 1 aromatic rings. The summed E-state index contributed by atoms with van der Waals surface area (Å²) in [7, 11) is 4.90. The Kier molecular flexibility index (Phi) is 23.2. The van der Waals surface area contributed by atoms with Gasteiger partial charge in [0.1, 0.15) is 30.7 Å². The monoisotopic (exact) mass is 965 g/mol. The van der Waals surface area contributed by atoms with Crippen LogP contribution in [0.3, 0.4) is 0 Å². The van der Waals surface area contributed by atoms with Gasteiger partial charge in [-0.15, -0.1) is 0 Å². The molecule has 0 aromatic heterocycles. The maximum Gasteiger partial charge on any atom is 0.309 e. The molecule has 5 unspecified atom stereocenters. The predicted molar refractivity (Wildman–Crippen MR) is 248 cm³/mol. The van der Waals surface area contributed by atoms with Crippen LogP contribution in [0.25, 0.3) is 0 Å². The quantitative estimate of drug-likeness (QED) is 0.0914. The number of β-amino-alcohol motifs (C(OH)–C–C–N with tert-alkyl or cyclic N) is 1. The highest BCUT2D eigenvalue weighted by Crippen LogP contribution is 2.39. The Hall–Kier alpha value is -3.59. The maximum atomic E-state index is 13.5. The topological polar surface area (TPSA) is 215 Å². The molecule has 0 bridgehead atoms. The summed E-state index contributed by atoms with van der Waals surface area (Å²) in [6.45, 7) is 13.3. The number of aldehydes is 1. The number of aryl methyl sites for hydroxylation is 1. The highest BCUT2D eigenvalue weighted by atomic mass is 16.7. The first-order valence-corrected chi connectivity index (χ1v) is 24.5. The fraction of sp³-hybridized carbons (Fsp3) is 0.780. The number of nitrogens with zero attached hydrogens (tertiary/aromatic N) is 2. The molecule has 0 saturated carbocycles. The third kappa shape index (κ3) is 16.5. The average Bonchev–Trinajstić information content (AvgIpc) is 3.28. The van der Waals surface area contributed by atoms with Crippen molar-refractivity contribution in [1.29, 1.82) is 0 Å². The Morgan fingerprint density at radius 3 is 2.26 bits per heavy atom. The van der Waals surface area contributed by atoms with Gasteiger partial charge in [-0.1, -0.05) is 51.1 Å². The van der Waals surface area contributed by atoms with E-state index in [1.165, 1.54) is 19.6 Å². The molecule has 3 aliphatic heterocycles. The third-order valence-electron chi connectivity index (χ3n) is 13.3. The number of unbranched alkanes of at least 4 members (excludes halogenated alkanes) is 1. The summed E-state index contributed by atoms with van der Waals surface area (Å²) in [5.41, 5.74) is -0.0635. The van der Waals surface area contributed by atoms with E-state index in [4.69, 9.17) is 42.6 Å². The molecule has 18 nitrogen and oxygen atoms in total.